The predicted molar refractivity (Wildman–Crippen MR) is 114 cm³/mol. The van der Waals surface area contributed by atoms with E-state index in [-0.39, 0.29) is 18.0 Å². The number of aryl methyl sites for hydroxylation is 1. The number of hydrogen-bond donors (Lipinski definition) is 1. The second-order valence-corrected chi connectivity index (χ2v) is 8.78. The number of carbonyl (C=O) groups is 1. The third kappa shape index (κ3) is 3.54. The summed E-state index contributed by atoms with van der Waals surface area (Å²) in [5.74, 6) is 0.408. The number of nitrogens with one attached hydrogen (secondary N) is 1. The molecule has 0 spiro atoms. The molecule has 2 heterocycles. The number of nitrogens with zero attached hydrogens (tertiary/aromatic N) is 3. The molecule has 0 saturated carbocycles. The van der Waals surface area contributed by atoms with E-state index in [0.29, 0.717) is 17.0 Å². The van der Waals surface area contributed by atoms with Gasteiger partial charge >= 0.3 is 0 Å². The zero-order chi connectivity index (χ0) is 19.8. The number of carbonyl (C=O) groups excluding carboxylic acids is 1. The third-order valence-corrected chi connectivity index (χ3v) is 6.43. The minimum absolute atomic E-state index is 0.0434. The van der Waals surface area contributed by atoms with Gasteiger partial charge in [-0.1, -0.05) is 6.92 Å². The summed E-state index contributed by atoms with van der Waals surface area (Å²) >= 11 is 1.62. The minimum atomic E-state index is -0.237. The van der Waals surface area contributed by atoms with Crippen molar-refractivity contribution in [3.63, 3.8) is 0 Å². The van der Waals surface area contributed by atoms with Gasteiger partial charge in [0.15, 0.2) is 0 Å². The van der Waals surface area contributed by atoms with Crippen molar-refractivity contribution in [2.24, 2.45) is 5.92 Å². The van der Waals surface area contributed by atoms with Gasteiger partial charge in [-0.3, -0.25) is 14.2 Å². The van der Waals surface area contributed by atoms with Crippen molar-refractivity contribution in [1.82, 2.24) is 9.55 Å². The van der Waals surface area contributed by atoms with Gasteiger partial charge in [0.2, 0.25) is 5.91 Å². The van der Waals surface area contributed by atoms with Crippen molar-refractivity contribution < 1.29 is 4.79 Å². The average Bonchev–Trinajstić information content (AvgIpc) is 3.02. The van der Waals surface area contributed by atoms with Gasteiger partial charge in [0.25, 0.3) is 5.56 Å². The molecule has 1 amide bonds. The fraction of sp³-hybridized carbons (Fsp3) is 0.381. The molecular formula is C21H24N4O2S. The van der Waals surface area contributed by atoms with Crippen LogP contribution in [0, 0.1) is 5.92 Å². The molecule has 0 fully saturated rings. The lowest BCUT2D eigenvalue weighted by atomic mass is 9.89. The summed E-state index contributed by atoms with van der Waals surface area (Å²) in [4.78, 5) is 34.0. The van der Waals surface area contributed by atoms with Gasteiger partial charge < -0.3 is 10.2 Å². The molecule has 2 aromatic heterocycles. The zero-order valence-corrected chi connectivity index (χ0v) is 17.2. The lowest BCUT2D eigenvalue weighted by Crippen LogP contribution is -2.28. The molecule has 0 radical (unpaired) electrons. The molecular weight excluding hydrogens is 372 g/mol. The van der Waals surface area contributed by atoms with Crippen LogP contribution in [0.2, 0.25) is 0 Å². The SMILES string of the molecule is C[C@@H]1CCc2c(sc3ncn(CC(=O)Nc4ccc(N(C)C)cc4)c(=O)c23)C1. The van der Waals surface area contributed by atoms with Crippen LogP contribution in [0.25, 0.3) is 10.2 Å². The Hall–Kier alpha value is -2.67. The lowest BCUT2D eigenvalue weighted by Gasteiger charge is -2.17. The topological polar surface area (TPSA) is 67.2 Å². The highest BCUT2D eigenvalue weighted by Crippen LogP contribution is 2.35. The van der Waals surface area contributed by atoms with Crippen molar-refractivity contribution in [2.45, 2.75) is 32.7 Å². The summed E-state index contributed by atoms with van der Waals surface area (Å²) in [6.07, 6.45) is 4.52. The molecule has 1 aliphatic rings. The lowest BCUT2D eigenvalue weighted by molar-refractivity contribution is -0.116. The van der Waals surface area contributed by atoms with E-state index >= 15 is 0 Å². The van der Waals surface area contributed by atoms with E-state index in [1.165, 1.54) is 15.8 Å². The Morgan fingerprint density at radius 3 is 2.79 bits per heavy atom. The summed E-state index contributed by atoms with van der Waals surface area (Å²) in [7, 11) is 3.93. The van der Waals surface area contributed by atoms with Crippen molar-refractivity contribution in [3.05, 3.63) is 51.4 Å². The maximum absolute atomic E-state index is 13.0. The van der Waals surface area contributed by atoms with Gasteiger partial charge in [0.1, 0.15) is 11.4 Å². The molecule has 0 bridgehead atoms. The van der Waals surface area contributed by atoms with Crippen LogP contribution in [0.4, 0.5) is 11.4 Å². The molecule has 4 rings (SSSR count). The van der Waals surface area contributed by atoms with Gasteiger partial charge in [0.05, 0.1) is 11.7 Å². The Bertz CT molecular complexity index is 1080. The predicted octanol–water partition coefficient (Wildman–Crippen LogP) is 3.29. The fourth-order valence-electron chi connectivity index (χ4n) is 3.68. The first-order valence-electron chi connectivity index (χ1n) is 9.49. The van der Waals surface area contributed by atoms with Gasteiger partial charge in [-0.2, -0.15) is 0 Å². The van der Waals surface area contributed by atoms with Crippen molar-refractivity contribution >= 4 is 38.8 Å². The quantitative estimate of drug-likeness (QED) is 0.735. The number of benzene rings is 1. The maximum atomic E-state index is 13.0. The smallest absolute Gasteiger partial charge is 0.262 e. The summed E-state index contributed by atoms with van der Waals surface area (Å²) in [5.41, 5.74) is 2.79. The molecule has 1 aromatic carbocycles. The molecule has 28 heavy (non-hydrogen) atoms. The molecule has 146 valence electrons. The van der Waals surface area contributed by atoms with E-state index < -0.39 is 0 Å². The Morgan fingerprint density at radius 1 is 1.32 bits per heavy atom. The van der Waals surface area contributed by atoms with Crippen LogP contribution in [0.15, 0.2) is 35.4 Å². The molecule has 3 aromatic rings. The van der Waals surface area contributed by atoms with Gasteiger partial charge in [-0.05, 0) is 55.0 Å². The van der Waals surface area contributed by atoms with Gasteiger partial charge in [-0.25, -0.2) is 4.98 Å². The fourth-order valence-corrected chi connectivity index (χ4v) is 5.02. The van der Waals surface area contributed by atoms with Crippen LogP contribution in [0.3, 0.4) is 0 Å². The minimum Gasteiger partial charge on any atom is -0.378 e. The van der Waals surface area contributed by atoms with Crippen molar-refractivity contribution in [3.8, 4) is 0 Å². The Balaban J connectivity index is 1.55. The summed E-state index contributed by atoms with van der Waals surface area (Å²) in [6.45, 7) is 2.20. The van der Waals surface area contributed by atoms with Crippen LogP contribution in [-0.2, 0) is 24.2 Å². The Kier molecular flexibility index (Phi) is 4.93. The van der Waals surface area contributed by atoms with E-state index in [1.807, 2.05) is 43.3 Å². The standard InChI is InChI=1S/C21H24N4O2S/c1-13-4-9-16-17(10-13)28-20-19(16)21(27)25(12-22-20)11-18(26)23-14-5-7-15(8-6-14)24(2)3/h5-8,12-13H,4,9-11H2,1-3H3,(H,23,26)/t13-/m1/s1. The molecule has 1 atom stereocenters. The number of rotatable bonds is 4. The van der Waals surface area contributed by atoms with Gasteiger partial charge in [0, 0.05) is 30.3 Å². The average molecular weight is 397 g/mol. The molecule has 6 nitrogen and oxygen atoms in total. The number of thiophene rings is 1. The molecule has 0 saturated heterocycles. The highest BCUT2D eigenvalue weighted by Gasteiger charge is 2.23. The van der Waals surface area contributed by atoms with E-state index in [2.05, 4.69) is 17.2 Å². The third-order valence-electron chi connectivity index (χ3n) is 5.26. The normalized spacial score (nSPS) is 16.0. The molecule has 7 heteroatoms. The Morgan fingerprint density at radius 2 is 2.07 bits per heavy atom. The summed E-state index contributed by atoms with van der Waals surface area (Å²) < 4.78 is 1.41. The zero-order valence-electron chi connectivity index (χ0n) is 16.4. The van der Waals surface area contributed by atoms with Crippen LogP contribution in [-0.4, -0.2) is 29.6 Å². The summed E-state index contributed by atoms with van der Waals surface area (Å²) in [5, 5.41) is 3.56. The number of anilines is 2. The second kappa shape index (κ2) is 7.39. The second-order valence-electron chi connectivity index (χ2n) is 7.70. The number of aromatic nitrogens is 2. The molecule has 0 aliphatic heterocycles. The highest BCUT2D eigenvalue weighted by molar-refractivity contribution is 7.18. The Labute approximate surface area is 167 Å². The van der Waals surface area contributed by atoms with Crippen molar-refractivity contribution in [1.29, 1.82) is 0 Å². The van der Waals surface area contributed by atoms with Crippen LogP contribution >= 0.6 is 11.3 Å². The number of hydrogen-bond acceptors (Lipinski definition) is 5. The maximum Gasteiger partial charge on any atom is 0.262 e. The number of amides is 1. The first-order valence-corrected chi connectivity index (χ1v) is 10.3. The first-order chi connectivity index (χ1) is 13.4. The van der Waals surface area contributed by atoms with Crippen LogP contribution in [0.1, 0.15) is 23.8 Å². The van der Waals surface area contributed by atoms with Crippen LogP contribution < -0.4 is 15.8 Å². The first kappa shape index (κ1) is 18.7. The molecule has 1 aliphatic carbocycles. The van der Waals surface area contributed by atoms with E-state index in [0.717, 1.165) is 35.3 Å². The van der Waals surface area contributed by atoms with Crippen molar-refractivity contribution in [2.75, 3.05) is 24.3 Å². The van der Waals surface area contributed by atoms with Crippen LogP contribution in [0.5, 0.6) is 0 Å². The summed E-state index contributed by atoms with van der Waals surface area (Å²) in [6, 6.07) is 7.59. The van der Waals surface area contributed by atoms with E-state index in [9.17, 15) is 9.59 Å². The molecule has 1 N–H and O–H groups in total. The van der Waals surface area contributed by atoms with E-state index in [4.69, 9.17) is 0 Å². The molecule has 0 unspecified atom stereocenters. The van der Waals surface area contributed by atoms with E-state index in [1.54, 1.807) is 11.3 Å². The monoisotopic (exact) mass is 396 g/mol. The largest absolute Gasteiger partial charge is 0.378 e. The number of fused-ring (bicyclic) bond motifs is 3. The van der Waals surface area contributed by atoms with Gasteiger partial charge in [-0.15, -0.1) is 11.3 Å². The highest BCUT2D eigenvalue weighted by atomic mass is 32.1.